The number of nitro groups is 1. The van der Waals surface area contributed by atoms with Crippen LogP contribution in [-0.4, -0.2) is 27.2 Å². The minimum absolute atomic E-state index is 0.161. The molecule has 1 amide bonds. The largest absolute Gasteiger partial charge is 0.354 e. The van der Waals surface area contributed by atoms with Gasteiger partial charge in [0, 0.05) is 6.54 Å². The van der Waals surface area contributed by atoms with Crippen LogP contribution < -0.4 is 5.32 Å². The summed E-state index contributed by atoms with van der Waals surface area (Å²) in [5, 5.41) is 17.1. The lowest BCUT2D eigenvalue weighted by Gasteiger charge is -2.12. The van der Waals surface area contributed by atoms with Crippen LogP contribution in [0, 0.1) is 15.9 Å². The van der Waals surface area contributed by atoms with E-state index in [9.17, 15) is 19.3 Å². The number of rotatable bonds is 6. The summed E-state index contributed by atoms with van der Waals surface area (Å²) in [6.07, 6.45) is 2.88. The standard InChI is InChI=1S/C14H15FN4O3/c1-10(18-9-13(8-17-18)19(21)22)14(20)16-7-6-11-2-4-12(15)5-3-11/h2-5,8-10H,6-7H2,1H3,(H,16,20)/t10-/m1/s1. The normalized spacial score (nSPS) is 11.9. The fraction of sp³-hybridized carbons (Fsp3) is 0.286. The molecule has 0 aliphatic heterocycles. The number of hydrogen-bond donors (Lipinski definition) is 1. The predicted octanol–water partition coefficient (Wildman–Crippen LogP) is 1.85. The molecule has 1 atom stereocenters. The number of nitrogens with one attached hydrogen (secondary N) is 1. The third-order valence-electron chi connectivity index (χ3n) is 3.20. The van der Waals surface area contributed by atoms with Gasteiger partial charge in [0.15, 0.2) is 0 Å². The lowest BCUT2D eigenvalue weighted by atomic mass is 10.1. The minimum Gasteiger partial charge on any atom is -0.354 e. The third kappa shape index (κ3) is 3.87. The zero-order valence-corrected chi connectivity index (χ0v) is 11.9. The van der Waals surface area contributed by atoms with Gasteiger partial charge in [0.05, 0.1) is 4.92 Å². The SMILES string of the molecule is C[C@H](C(=O)NCCc1ccc(F)cc1)n1cc([N+](=O)[O-])cn1. The van der Waals surface area contributed by atoms with Gasteiger partial charge < -0.3 is 5.32 Å². The maximum atomic E-state index is 12.8. The number of aromatic nitrogens is 2. The van der Waals surface area contributed by atoms with Gasteiger partial charge in [-0.3, -0.25) is 19.6 Å². The van der Waals surface area contributed by atoms with Crippen LogP contribution in [0.15, 0.2) is 36.7 Å². The quantitative estimate of drug-likeness (QED) is 0.651. The molecule has 0 spiro atoms. The highest BCUT2D eigenvalue weighted by molar-refractivity contribution is 5.79. The van der Waals surface area contributed by atoms with E-state index in [1.165, 1.54) is 23.0 Å². The Morgan fingerprint density at radius 2 is 2.14 bits per heavy atom. The van der Waals surface area contributed by atoms with Crippen molar-refractivity contribution in [3.63, 3.8) is 0 Å². The molecule has 1 aromatic heterocycles. The average molecular weight is 306 g/mol. The molecule has 0 saturated heterocycles. The van der Waals surface area contributed by atoms with Gasteiger partial charge in [-0.2, -0.15) is 5.10 Å². The van der Waals surface area contributed by atoms with Crippen molar-refractivity contribution in [2.45, 2.75) is 19.4 Å². The number of benzene rings is 1. The zero-order valence-electron chi connectivity index (χ0n) is 11.9. The maximum Gasteiger partial charge on any atom is 0.307 e. The molecular weight excluding hydrogens is 291 g/mol. The first-order chi connectivity index (χ1) is 10.5. The van der Waals surface area contributed by atoms with Crippen molar-refractivity contribution >= 4 is 11.6 Å². The minimum atomic E-state index is -0.651. The first kappa shape index (κ1) is 15.6. The number of nitrogens with zero attached hydrogens (tertiary/aromatic N) is 3. The summed E-state index contributed by atoms with van der Waals surface area (Å²) in [6, 6.07) is 5.39. The zero-order chi connectivity index (χ0) is 16.1. The van der Waals surface area contributed by atoms with Gasteiger partial charge in [0.25, 0.3) is 0 Å². The number of hydrogen-bond acceptors (Lipinski definition) is 4. The van der Waals surface area contributed by atoms with E-state index >= 15 is 0 Å². The Bertz CT molecular complexity index is 669. The first-order valence-corrected chi connectivity index (χ1v) is 6.68. The molecule has 0 saturated carbocycles. The monoisotopic (exact) mass is 306 g/mol. The maximum absolute atomic E-state index is 12.8. The summed E-state index contributed by atoms with van der Waals surface area (Å²) >= 11 is 0. The van der Waals surface area contributed by atoms with E-state index in [1.54, 1.807) is 19.1 Å². The van der Waals surface area contributed by atoms with Crippen molar-refractivity contribution in [3.8, 4) is 0 Å². The van der Waals surface area contributed by atoms with E-state index in [0.717, 1.165) is 11.8 Å². The van der Waals surface area contributed by atoms with Crippen LogP contribution >= 0.6 is 0 Å². The smallest absolute Gasteiger partial charge is 0.307 e. The predicted molar refractivity (Wildman–Crippen MR) is 76.7 cm³/mol. The van der Waals surface area contributed by atoms with E-state index in [1.807, 2.05) is 0 Å². The Kier molecular flexibility index (Phi) is 4.82. The molecule has 2 rings (SSSR count). The highest BCUT2D eigenvalue weighted by atomic mass is 19.1. The molecule has 1 aromatic carbocycles. The number of amides is 1. The average Bonchev–Trinajstić information content (AvgIpc) is 2.98. The van der Waals surface area contributed by atoms with Crippen molar-refractivity contribution in [2.75, 3.05) is 6.54 Å². The van der Waals surface area contributed by atoms with Gasteiger partial charge >= 0.3 is 5.69 Å². The van der Waals surface area contributed by atoms with Gasteiger partial charge in [-0.05, 0) is 31.0 Å². The molecule has 22 heavy (non-hydrogen) atoms. The number of carbonyl (C=O) groups excluding carboxylic acids is 1. The van der Waals surface area contributed by atoms with Crippen molar-refractivity contribution in [1.82, 2.24) is 15.1 Å². The summed E-state index contributed by atoms with van der Waals surface area (Å²) in [5.74, 6) is -0.596. The molecule has 116 valence electrons. The Hall–Kier alpha value is -2.77. The van der Waals surface area contributed by atoms with E-state index in [2.05, 4.69) is 10.4 Å². The fourth-order valence-corrected chi connectivity index (χ4v) is 1.88. The van der Waals surface area contributed by atoms with Crippen LogP contribution in [0.2, 0.25) is 0 Å². The highest BCUT2D eigenvalue weighted by Gasteiger charge is 2.18. The molecule has 0 fully saturated rings. The molecule has 0 bridgehead atoms. The Balaban J connectivity index is 1.85. The molecule has 8 heteroatoms. The van der Waals surface area contributed by atoms with Crippen LogP contribution in [0.3, 0.4) is 0 Å². The molecule has 0 unspecified atom stereocenters. The molecule has 0 aliphatic rings. The topological polar surface area (TPSA) is 90.1 Å². The molecule has 1 N–H and O–H groups in total. The fourth-order valence-electron chi connectivity index (χ4n) is 1.88. The van der Waals surface area contributed by atoms with E-state index in [4.69, 9.17) is 0 Å². The number of carbonyl (C=O) groups is 1. The summed E-state index contributed by atoms with van der Waals surface area (Å²) in [7, 11) is 0. The van der Waals surface area contributed by atoms with Gasteiger partial charge in [0.2, 0.25) is 5.91 Å². The van der Waals surface area contributed by atoms with Gasteiger partial charge in [-0.15, -0.1) is 0 Å². The van der Waals surface area contributed by atoms with Crippen LogP contribution in [0.5, 0.6) is 0 Å². The second-order valence-corrected chi connectivity index (χ2v) is 4.78. The van der Waals surface area contributed by atoms with Crippen LogP contribution in [0.1, 0.15) is 18.5 Å². The van der Waals surface area contributed by atoms with E-state index < -0.39 is 11.0 Å². The second-order valence-electron chi connectivity index (χ2n) is 4.78. The number of halogens is 1. The van der Waals surface area contributed by atoms with Crippen LogP contribution in [0.4, 0.5) is 10.1 Å². The summed E-state index contributed by atoms with van der Waals surface area (Å²) in [4.78, 5) is 22.0. The molecular formula is C14H15FN4O3. The molecule has 7 nitrogen and oxygen atoms in total. The summed E-state index contributed by atoms with van der Waals surface area (Å²) < 4.78 is 14.0. The molecule has 0 aliphatic carbocycles. The lowest BCUT2D eigenvalue weighted by Crippen LogP contribution is -2.32. The van der Waals surface area contributed by atoms with Crippen molar-refractivity contribution in [1.29, 1.82) is 0 Å². The molecule has 0 radical (unpaired) electrons. The van der Waals surface area contributed by atoms with Crippen LogP contribution in [0.25, 0.3) is 0 Å². The lowest BCUT2D eigenvalue weighted by molar-refractivity contribution is -0.385. The Morgan fingerprint density at radius 1 is 1.45 bits per heavy atom. The van der Waals surface area contributed by atoms with Crippen molar-refractivity contribution in [3.05, 3.63) is 58.2 Å². The molecule has 1 heterocycles. The Labute approximate surface area is 125 Å². The summed E-state index contributed by atoms with van der Waals surface area (Å²) in [6.45, 7) is 1.99. The second kappa shape index (κ2) is 6.79. The molecule has 2 aromatic rings. The third-order valence-corrected chi connectivity index (χ3v) is 3.20. The van der Waals surface area contributed by atoms with E-state index in [0.29, 0.717) is 13.0 Å². The van der Waals surface area contributed by atoms with Crippen molar-refractivity contribution < 1.29 is 14.1 Å². The van der Waals surface area contributed by atoms with Crippen molar-refractivity contribution in [2.24, 2.45) is 0 Å². The first-order valence-electron chi connectivity index (χ1n) is 6.68. The van der Waals surface area contributed by atoms with Gasteiger partial charge in [0.1, 0.15) is 24.3 Å². The van der Waals surface area contributed by atoms with Crippen LogP contribution in [-0.2, 0) is 11.2 Å². The van der Waals surface area contributed by atoms with E-state index in [-0.39, 0.29) is 17.4 Å². The van der Waals surface area contributed by atoms with Gasteiger partial charge in [-0.1, -0.05) is 12.1 Å². The highest BCUT2D eigenvalue weighted by Crippen LogP contribution is 2.12. The summed E-state index contributed by atoms with van der Waals surface area (Å²) in [5.41, 5.74) is 0.745. The Morgan fingerprint density at radius 3 is 2.73 bits per heavy atom. The van der Waals surface area contributed by atoms with Gasteiger partial charge in [-0.25, -0.2) is 4.39 Å².